The van der Waals surface area contributed by atoms with Crippen molar-refractivity contribution in [2.45, 2.75) is 19.4 Å². The van der Waals surface area contributed by atoms with Crippen LogP contribution in [0.25, 0.3) is 0 Å². The van der Waals surface area contributed by atoms with E-state index in [2.05, 4.69) is 44.1 Å². The lowest BCUT2D eigenvalue weighted by Gasteiger charge is -2.18. The highest BCUT2D eigenvalue weighted by Gasteiger charge is 2.20. The molecule has 1 aromatic carbocycles. The molecule has 1 aromatic heterocycles. The fraction of sp³-hybridized carbons (Fsp3) is 0.286. The molecule has 0 amide bonds. The molecule has 0 aliphatic heterocycles. The van der Waals surface area contributed by atoms with Crippen LogP contribution in [0.2, 0.25) is 5.02 Å². The quantitative estimate of drug-likeness (QED) is 0.703. The van der Waals surface area contributed by atoms with Gasteiger partial charge in [-0.05, 0) is 68.6 Å². The van der Waals surface area contributed by atoms with Gasteiger partial charge in [0.1, 0.15) is 5.76 Å². The molecule has 1 unspecified atom stereocenters. The van der Waals surface area contributed by atoms with Gasteiger partial charge in [-0.15, -0.1) is 0 Å². The number of benzene rings is 1. The Labute approximate surface area is 134 Å². The molecule has 0 spiro atoms. The molecule has 0 bridgehead atoms. The first kappa shape index (κ1) is 15.1. The normalized spacial score (nSPS) is 12.6. The van der Waals surface area contributed by atoms with Gasteiger partial charge >= 0.3 is 0 Å². The van der Waals surface area contributed by atoms with E-state index < -0.39 is 0 Å². The van der Waals surface area contributed by atoms with Crippen LogP contribution < -0.4 is 5.32 Å². The summed E-state index contributed by atoms with van der Waals surface area (Å²) >= 11 is 13.0. The zero-order valence-corrected chi connectivity index (χ0v) is 14.3. The van der Waals surface area contributed by atoms with Crippen LogP contribution in [0.4, 0.5) is 0 Å². The van der Waals surface area contributed by atoms with Crippen molar-refractivity contribution in [3.63, 3.8) is 0 Å². The van der Waals surface area contributed by atoms with Crippen molar-refractivity contribution in [2.24, 2.45) is 0 Å². The minimum Gasteiger partial charge on any atom is -0.466 e. The van der Waals surface area contributed by atoms with Gasteiger partial charge in [0.05, 0.1) is 21.8 Å². The first-order valence-corrected chi connectivity index (χ1v) is 8.01. The van der Waals surface area contributed by atoms with Crippen LogP contribution in [0.15, 0.2) is 43.9 Å². The van der Waals surface area contributed by atoms with Gasteiger partial charge in [0.2, 0.25) is 0 Å². The Balaban J connectivity index is 2.37. The van der Waals surface area contributed by atoms with E-state index in [0.717, 1.165) is 33.2 Å². The second-order valence-electron chi connectivity index (χ2n) is 4.19. The summed E-state index contributed by atoms with van der Waals surface area (Å²) in [6.45, 7) is 3.05. The lowest BCUT2D eigenvalue weighted by molar-refractivity contribution is 0.444. The average Bonchev–Trinajstić information content (AvgIpc) is 2.80. The van der Waals surface area contributed by atoms with Gasteiger partial charge in [-0.25, -0.2) is 0 Å². The monoisotopic (exact) mass is 405 g/mol. The fourth-order valence-corrected chi connectivity index (χ4v) is 2.80. The first-order valence-electron chi connectivity index (χ1n) is 6.04. The summed E-state index contributed by atoms with van der Waals surface area (Å²) in [4.78, 5) is 0. The van der Waals surface area contributed by atoms with Gasteiger partial charge in [0.15, 0.2) is 0 Å². The Bertz CT molecular complexity index is 556. The van der Waals surface area contributed by atoms with Crippen molar-refractivity contribution >= 4 is 43.5 Å². The van der Waals surface area contributed by atoms with E-state index in [4.69, 9.17) is 16.0 Å². The number of halogens is 3. The van der Waals surface area contributed by atoms with Crippen LogP contribution in [-0.2, 0) is 0 Å². The van der Waals surface area contributed by atoms with Crippen LogP contribution >= 0.6 is 43.5 Å². The molecule has 0 radical (unpaired) electrons. The van der Waals surface area contributed by atoms with Gasteiger partial charge in [0.25, 0.3) is 0 Å². The van der Waals surface area contributed by atoms with Crippen LogP contribution in [0, 0.1) is 0 Å². The summed E-state index contributed by atoms with van der Waals surface area (Å²) in [5.74, 6) is 0.877. The molecule has 0 aliphatic carbocycles. The van der Waals surface area contributed by atoms with E-state index in [1.165, 1.54) is 0 Å². The van der Waals surface area contributed by atoms with Crippen molar-refractivity contribution in [1.29, 1.82) is 0 Å². The Kier molecular flexibility index (Phi) is 5.51. The minimum absolute atomic E-state index is 0.0119. The smallest absolute Gasteiger partial charge is 0.139 e. The van der Waals surface area contributed by atoms with Gasteiger partial charge in [0, 0.05) is 4.47 Å². The van der Waals surface area contributed by atoms with Crippen molar-refractivity contribution < 1.29 is 4.42 Å². The second kappa shape index (κ2) is 6.93. The van der Waals surface area contributed by atoms with Crippen LogP contribution in [-0.4, -0.2) is 6.54 Å². The Hall–Kier alpha value is -0.290. The topological polar surface area (TPSA) is 25.2 Å². The lowest BCUT2D eigenvalue weighted by Crippen LogP contribution is -2.23. The maximum atomic E-state index is 6.05. The summed E-state index contributed by atoms with van der Waals surface area (Å²) < 4.78 is 7.44. The third-order valence-corrected chi connectivity index (χ3v) is 4.65. The maximum absolute atomic E-state index is 6.05. The molecular weight excluding hydrogens is 393 g/mol. The molecule has 1 heterocycles. The van der Waals surface area contributed by atoms with Crippen molar-refractivity contribution in [3.05, 3.63) is 55.8 Å². The molecule has 5 heteroatoms. The molecule has 1 atom stereocenters. The minimum atomic E-state index is 0.0119. The van der Waals surface area contributed by atoms with Crippen LogP contribution in [0.3, 0.4) is 0 Å². The molecule has 0 aliphatic rings. The van der Waals surface area contributed by atoms with E-state index in [1.54, 1.807) is 6.26 Å². The van der Waals surface area contributed by atoms with E-state index in [-0.39, 0.29) is 6.04 Å². The lowest BCUT2D eigenvalue weighted by atomic mass is 10.0. The maximum Gasteiger partial charge on any atom is 0.139 e. The molecule has 2 rings (SSSR count). The Morgan fingerprint density at radius 3 is 2.63 bits per heavy atom. The number of hydrogen-bond acceptors (Lipinski definition) is 2. The largest absolute Gasteiger partial charge is 0.466 e. The average molecular weight is 408 g/mol. The molecule has 0 fully saturated rings. The summed E-state index contributed by atoms with van der Waals surface area (Å²) in [6, 6.07) is 7.83. The van der Waals surface area contributed by atoms with E-state index >= 15 is 0 Å². The molecule has 2 nitrogen and oxygen atoms in total. The Morgan fingerprint density at radius 2 is 2.05 bits per heavy atom. The van der Waals surface area contributed by atoms with Crippen LogP contribution in [0.1, 0.15) is 30.7 Å². The number of furan rings is 1. The number of hydrogen-bond donors (Lipinski definition) is 1. The van der Waals surface area contributed by atoms with Crippen molar-refractivity contribution in [1.82, 2.24) is 5.32 Å². The van der Waals surface area contributed by atoms with Crippen molar-refractivity contribution in [2.75, 3.05) is 6.54 Å². The highest BCUT2D eigenvalue weighted by molar-refractivity contribution is 9.10. The number of rotatable bonds is 5. The molecule has 0 saturated carbocycles. The third kappa shape index (κ3) is 3.63. The second-order valence-corrected chi connectivity index (χ2v) is 6.31. The van der Waals surface area contributed by atoms with Gasteiger partial charge in [-0.1, -0.05) is 24.6 Å². The SMILES string of the molecule is CCCNC(c1ccc(Cl)c(Br)c1)c1occc1Br. The van der Waals surface area contributed by atoms with Crippen molar-refractivity contribution in [3.8, 4) is 0 Å². The first-order chi connectivity index (χ1) is 9.13. The third-order valence-electron chi connectivity index (χ3n) is 2.78. The predicted octanol–water partition coefficient (Wildman–Crippen LogP) is 5.55. The molecule has 2 aromatic rings. The molecule has 19 heavy (non-hydrogen) atoms. The number of nitrogens with one attached hydrogen (secondary N) is 1. The zero-order chi connectivity index (χ0) is 13.8. The van der Waals surface area contributed by atoms with Gasteiger partial charge in [-0.2, -0.15) is 0 Å². The molecule has 0 saturated heterocycles. The van der Waals surface area contributed by atoms with E-state index in [1.807, 2.05) is 24.3 Å². The predicted molar refractivity (Wildman–Crippen MR) is 85.7 cm³/mol. The van der Waals surface area contributed by atoms with E-state index in [9.17, 15) is 0 Å². The highest BCUT2D eigenvalue weighted by atomic mass is 79.9. The fourth-order valence-electron chi connectivity index (χ4n) is 1.85. The standard InChI is InChI=1S/C14H14Br2ClNO/c1-2-6-18-13(14-10(15)5-7-19-14)9-3-4-12(17)11(16)8-9/h3-5,7-8,13,18H,2,6H2,1H3. The molecule has 102 valence electrons. The highest BCUT2D eigenvalue weighted by Crippen LogP contribution is 2.32. The molecular formula is C14H14Br2ClNO. The van der Waals surface area contributed by atoms with Crippen LogP contribution in [0.5, 0.6) is 0 Å². The molecule has 1 N–H and O–H groups in total. The summed E-state index contributed by atoms with van der Waals surface area (Å²) in [6.07, 6.45) is 2.74. The summed E-state index contributed by atoms with van der Waals surface area (Å²) in [7, 11) is 0. The summed E-state index contributed by atoms with van der Waals surface area (Å²) in [5, 5.41) is 4.19. The van der Waals surface area contributed by atoms with Gasteiger partial charge < -0.3 is 9.73 Å². The van der Waals surface area contributed by atoms with E-state index in [0.29, 0.717) is 5.02 Å². The Morgan fingerprint density at radius 1 is 1.26 bits per heavy atom. The summed E-state index contributed by atoms with van der Waals surface area (Å²) in [5.41, 5.74) is 1.11. The van der Waals surface area contributed by atoms with Gasteiger partial charge in [-0.3, -0.25) is 0 Å². The zero-order valence-electron chi connectivity index (χ0n) is 10.4.